The highest BCUT2D eigenvalue weighted by Gasteiger charge is 2.19. The van der Waals surface area contributed by atoms with Crippen LogP contribution >= 0.6 is 22.7 Å². The number of thiophene rings is 1. The Hall–Kier alpha value is -0.750. The predicted molar refractivity (Wildman–Crippen MR) is 89.1 cm³/mol. The molecule has 1 aliphatic heterocycles. The van der Waals surface area contributed by atoms with Crippen LogP contribution in [0.3, 0.4) is 0 Å². The van der Waals surface area contributed by atoms with Gasteiger partial charge in [0.05, 0.1) is 17.3 Å². The molecule has 114 valence electrons. The van der Waals surface area contributed by atoms with E-state index in [2.05, 4.69) is 36.0 Å². The van der Waals surface area contributed by atoms with Gasteiger partial charge in [0.1, 0.15) is 0 Å². The van der Waals surface area contributed by atoms with Crippen LogP contribution in [0, 0.1) is 6.92 Å². The minimum absolute atomic E-state index is 0.355. The van der Waals surface area contributed by atoms with Gasteiger partial charge in [-0.3, -0.25) is 0 Å². The average molecular weight is 322 g/mol. The highest BCUT2D eigenvalue weighted by atomic mass is 32.1. The molecule has 1 aliphatic rings. The molecule has 2 aromatic rings. The lowest BCUT2D eigenvalue weighted by atomic mass is 10.2. The molecule has 3 nitrogen and oxygen atoms in total. The van der Waals surface area contributed by atoms with Gasteiger partial charge in [0.2, 0.25) is 0 Å². The molecule has 0 N–H and O–H groups in total. The van der Waals surface area contributed by atoms with Crippen LogP contribution in [-0.2, 0) is 17.7 Å². The summed E-state index contributed by atoms with van der Waals surface area (Å²) >= 11 is 3.68. The number of aryl methyl sites for hydroxylation is 1. The predicted octanol–water partition coefficient (Wildman–Crippen LogP) is 4.04. The molecular formula is C16H22N2OS2. The lowest BCUT2D eigenvalue weighted by Crippen LogP contribution is -2.20. The Labute approximate surface area is 134 Å². The molecule has 3 heterocycles. The summed E-state index contributed by atoms with van der Waals surface area (Å²) in [6.07, 6.45) is 3.83. The lowest BCUT2D eigenvalue weighted by Gasteiger charge is -2.15. The number of nitrogens with zero attached hydrogens (tertiary/aromatic N) is 2. The first-order chi connectivity index (χ1) is 10.2. The Morgan fingerprint density at radius 3 is 3.05 bits per heavy atom. The minimum atomic E-state index is 0.355. The van der Waals surface area contributed by atoms with Gasteiger partial charge in [0.25, 0.3) is 0 Å². The number of thiazole rings is 1. The largest absolute Gasteiger partial charge is 0.373 e. The van der Waals surface area contributed by atoms with Crippen molar-refractivity contribution in [2.45, 2.75) is 38.8 Å². The quantitative estimate of drug-likeness (QED) is 0.802. The maximum Gasteiger partial charge on any atom is 0.0917 e. The third kappa shape index (κ3) is 3.92. The van der Waals surface area contributed by atoms with Gasteiger partial charge in [0.15, 0.2) is 0 Å². The fourth-order valence-electron chi connectivity index (χ4n) is 2.66. The van der Waals surface area contributed by atoms with Crippen molar-refractivity contribution in [1.82, 2.24) is 9.88 Å². The summed E-state index contributed by atoms with van der Waals surface area (Å²) < 4.78 is 5.76. The molecule has 1 atom stereocenters. The summed E-state index contributed by atoms with van der Waals surface area (Å²) in [5.41, 5.74) is 3.13. The van der Waals surface area contributed by atoms with E-state index in [4.69, 9.17) is 4.74 Å². The van der Waals surface area contributed by atoms with Crippen molar-refractivity contribution in [3.05, 3.63) is 38.0 Å². The molecule has 2 aromatic heterocycles. The molecule has 1 saturated heterocycles. The van der Waals surface area contributed by atoms with Gasteiger partial charge < -0.3 is 9.64 Å². The summed E-state index contributed by atoms with van der Waals surface area (Å²) in [5.74, 6) is 0. The molecule has 21 heavy (non-hydrogen) atoms. The second-order valence-electron chi connectivity index (χ2n) is 5.65. The van der Waals surface area contributed by atoms with Crippen molar-refractivity contribution >= 4 is 22.7 Å². The molecule has 0 aromatic carbocycles. The molecule has 0 bridgehead atoms. The number of rotatable bonds is 6. The monoisotopic (exact) mass is 322 g/mol. The minimum Gasteiger partial charge on any atom is -0.373 e. The van der Waals surface area contributed by atoms with Crippen molar-refractivity contribution < 1.29 is 4.74 Å². The van der Waals surface area contributed by atoms with Crippen LogP contribution in [0.4, 0.5) is 0 Å². The molecule has 0 amide bonds. The van der Waals surface area contributed by atoms with E-state index in [1.807, 2.05) is 16.8 Å². The van der Waals surface area contributed by atoms with E-state index in [9.17, 15) is 0 Å². The highest BCUT2D eigenvalue weighted by Crippen LogP contribution is 2.33. The van der Waals surface area contributed by atoms with Crippen LogP contribution in [-0.4, -0.2) is 30.1 Å². The zero-order chi connectivity index (χ0) is 14.7. The van der Waals surface area contributed by atoms with E-state index in [1.54, 1.807) is 11.3 Å². The second-order valence-corrected chi connectivity index (χ2v) is 7.79. The van der Waals surface area contributed by atoms with Crippen LogP contribution in [0.5, 0.6) is 0 Å². The topological polar surface area (TPSA) is 25.4 Å². The maximum absolute atomic E-state index is 5.76. The van der Waals surface area contributed by atoms with Gasteiger partial charge in [-0.1, -0.05) is 0 Å². The number of hydrogen-bond acceptors (Lipinski definition) is 5. The Morgan fingerprint density at radius 2 is 2.33 bits per heavy atom. The van der Waals surface area contributed by atoms with Crippen LogP contribution in [0.2, 0.25) is 0 Å². The van der Waals surface area contributed by atoms with Crippen molar-refractivity contribution in [2.75, 3.05) is 20.2 Å². The Balaban J connectivity index is 1.50. The van der Waals surface area contributed by atoms with E-state index >= 15 is 0 Å². The maximum atomic E-state index is 5.76. The summed E-state index contributed by atoms with van der Waals surface area (Å²) in [5, 5.41) is 0. The zero-order valence-electron chi connectivity index (χ0n) is 12.7. The van der Waals surface area contributed by atoms with E-state index in [0.29, 0.717) is 6.10 Å². The summed E-state index contributed by atoms with van der Waals surface area (Å²) in [7, 11) is 2.20. The smallest absolute Gasteiger partial charge is 0.0917 e. The van der Waals surface area contributed by atoms with Gasteiger partial charge >= 0.3 is 0 Å². The molecule has 1 unspecified atom stereocenters. The normalized spacial score (nSPS) is 18.7. The van der Waals surface area contributed by atoms with Gasteiger partial charge in [-0.2, -0.15) is 0 Å². The standard InChI is InChI=1S/C16H22N2OS2/c1-12-15(20-11-17-12)7-8-18(2)10-13-5-6-16(21-13)14-4-3-9-19-14/h5-6,11,14H,3-4,7-10H2,1-2H3. The molecule has 0 radical (unpaired) electrons. The molecule has 5 heteroatoms. The molecular weight excluding hydrogens is 300 g/mol. The average Bonchev–Trinajstić information content (AvgIpc) is 3.17. The van der Waals surface area contributed by atoms with E-state index in [0.717, 1.165) is 26.1 Å². The summed E-state index contributed by atoms with van der Waals surface area (Å²) in [4.78, 5) is 10.9. The second kappa shape index (κ2) is 7.01. The van der Waals surface area contributed by atoms with Crippen LogP contribution in [0.25, 0.3) is 0 Å². The molecule has 0 aliphatic carbocycles. The molecule has 1 fully saturated rings. The Bertz CT molecular complexity index is 572. The zero-order valence-corrected chi connectivity index (χ0v) is 14.3. The molecule has 0 saturated carbocycles. The lowest BCUT2D eigenvalue weighted by molar-refractivity contribution is 0.114. The van der Waals surface area contributed by atoms with E-state index in [-0.39, 0.29) is 0 Å². The van der Waals surface area contributed by atoms with Crippen molar-refractivity contribution in [2.24, 2.45) is 0 Å². The third-order valence-corrected chi connectivity index (χ3v) is 6.08. The Kier molecular flexibility index (Phi) is 5.06. The van der Waals surface area contributed by atoms with E-state index in [1.165, 1.54) is 33.2 Å². The van der Waals surface area contributed by atoms with Gasteiger partial charge in [-0.25, -0.2) is 4.98 Å². The van der Waals surface area contributed by atoms with Crippen LogP contribution in [0.1, 0.15) is 39.3 Å². The number of likely N-dealkylation sites (N-methyl/N-ethyl adjacent to an activating group) is 1. The van der Waals surface area contributed by atoms with Crippen molar-refractivity contribution in [3.8, 4) is 0 Å². The first kappa shape index (κ1) is 15.2. The van der Waals surface area contributed by atoms with Gasteiger partial charge in [0, 0.05) is 34.3 Å². The fourth-order valence-corrected chi connectivity index (χ4v) is 4.61. The molecule has 0 spiro atoms. The number of ether oxygens (including phenoxy) is 1. The van der Waals surface area contributed by atoms with E-state index < -0.39 is 0 Å². The first-order valence-corrected chi connectivity index (χ1v) is 9.19. The SMILES string of the molecule is Cc1ncsc1CCN(C)Cc1ccc(C2CCCO2)s1. The first-order valence-electron chi connectivity index (χ1n) is 7.50. The summed E-state index contributed by atoms with van der Waals surface area (Å²) in [6.45, 7) is 5.12. The third-order valence-electron chi connectivity index (χ3n) is 3.92. The highest BCUT2D eigenvalue weighted by molar-refractivity contribution is 7.12. The van der Waals surface area contributed by atoms with Gasteiger partial charge in [-0.05, 0) is 45.4 Å². The Morgan fingerprint density at radius 1 is 1.43 bits per heavy atom. The van der Waals surface area contributed by atoms with Gasteiger partial charge in [-0.15, -0.1) is 22.7 Å². The van der Waals surface area contributed by atoms with Crippen molar-refractivity contribution in [3.63, 3.8) is 0 Å². The number of hydrogen-bond donors (Lipinski definition) is 0. The fraction of sp³-hybridized carbons (Fsp3) is 0.562. The van der Waals surface area contributed by atoms with Crippen molar-refractivity contribution in [1.29, 1.82) is 0 Å². The van der Waals surface area contributed by atoms with Crippen LogP contribution in [0.15, 0.2) is 17.6 Å². The molecule has 3 rings (SSSR count). The van der Waals surface area contributed by atoms with Crippen LogP contribution < -0.4 is 0 Å². The summed E-state index contributed by atoms with van der Waals surface area (Å²) in [6, 6.07) is 4.51. The number of aromatic nitrogens is 1.